The molecule has 0 aliphatic carbocycles. The maximum atomic E-state index is 13.1. The average Bonchev–Trinajstić information content (AvgIpc) is 1.04. The summed E-state index contributed by atoms with van der Waals surface area (Å²) >= 11 is 0. The molecule has 97 heavy (non-hydrogen) atoms. The second-order valence-corrected chi connectivity index (χ2v) is 32.0. The van der Waals surface area contributed by atoms with Crippen LogP contribution in [-0.2, 0) is 65.4 Å². The first-order valence-electron chi connectivity index (χ1n) is 40.5. The van der Waals surface area contributed by atoms with E-state index in [0.717, 1.165) is 108 Å². The van der Waals surface area contributed by atoms with Crippen molar-refractivity contribution in [3.63, 3.8) is 0 Å². The number of phosphoric ester groups is 2. The molecule has 0 aromatic carbocycles. The summed E-state index contributed by atoms with van der Waals surface area (Å²) in [7, 11) is -9.91. The molecule has 0 aliphatic heterocycles. The number of rotatable bonds is 77. The second kappa shape index (κ2) is 69.8. The van der Waals surface area contributed by atoms with Crippen LogP contribution in [0.2, 0.25) is 0 Å². The summed E-state index contributed by atoms with van der Waals surface area (Å²) in [6.07, 6.45) is 58.6. The van der Waals surface area contributed by atoms with Crippen molar-refractivity contribution in [2.24, 2.45) is 11.8 Å². The largest absolute Gasteiger partial charge is 0.472 e. The first-order valence-corrected chi connectivity index (χ1v) is 43.5. The minimum atomic E-state index is -4.96. The Morgan fingerprint density at radius 1 is 0.278 bits per heavy atom. The van der Waals surface area contributed by atoms with E-state index in [1.807, 2.05) is 0 Å². The number of carbonyl (C=O) groups excluding carboxylic acids is 4. The van der Waals surface area contributed by atoms with Crippen molar-refractivity contribution in [2.75, 3.05) is 39.6 Å². The van der Waals surface area contributed by atoms with Gasteiger partial charge in [-0.1, -0.05) is 356 Å². The molecule has 0 aromatic rings. The van der Waals surface area contributed by atoms with Gasteiger partial charge in [0.05, 0.1) is 26.4 Å². The van der Waals surface area contributed by atoms with Gasteiger partial charge in [0.25, 0.3) is 0 Å². The fraction of sp³-hybridized carbons (Fsp3) is 0.949. The quantitative estimate of drug-likeness (QED) is 0.0222. The molecule has 0 amide bonds. The van der Waals surface area contributed by atoms with E-state index in [4.69, 9.17) is 37.0 Å². The zero-order chi connectivity index (χ0) is 71.4. The van der Waals surface area contributed by atoms with Gasteiger partial charge in [-0.25, -0.2) is 9.13 Å². The first kappa shape index (κ1) is 95.1. The molecule has 0 saturated carbocycles. The van der Waals surface area contributed by atoms with Crippen LogP contribution < -0.4 is 0 Å². The van der Waals surface area contributed by atoms with Crippen molar-refractivity contribution in [1.82, 2.24) is 0 Å². The predicted octanol–water partition coefficient (Wildman–Crippen LogP) is 23.1. The van der Waals surface area contributed by atoms with Crippen molar-refractivity contribution in [3.05, 3.63) is 0 Å². The van der Waals surface area contributed by atoms with E-state index in [2.05, 4.69) is 41.5 Å². The van der Waals surface area contributed by atoms with Crippen LogP contribution in [0, 0.1) is 11.8 Å². The third kappa shape index (κ3) is 72.2. The number of ether oxygens (including phenoxy) is 4. The molecule has 0 fully saturated rings. The molecule has 0 saturated heterocycles. The molecule has 0 spiro atoms. The Bertz CT molecular complexity index is 1870. The van der Waals surface area contributed by atoms with Gasteiger partial charge in [0.1, 0.15) is 19.3 Å². The van der Waals surface area contributed by atoms with Gasteiger partial charge in [-0.2, -0.15) is 0 Å². The van der Waals surface area contributed by atoms with E-state index >= 15 is 0 Å². The van der Waals surface area contributed by atoms with Gasteiger partial charge >= 0.3 is 39.5 Å². The van der Waals surface area contributed by atoms with Crippen LogP contribution in [0.15, 0.2) is 0 Å². The van der Waals surface area contributed by atoms with Crippen molar-refractivity contribution in [3.8, 4) is 0 Å². The molecular weight excluding hydrogens is 1270 g/mol. The highest BCUT2D eigenvalue weighted by molar-refractivity contribution is 7.47. The zero-order valence-corrected chi connectivity index (χ0v) is 65.2. The zero-order valence-electron chi connectivity index (χ0n) is 63.4. The fourth-order valence-electron chi connectivity index (χ4n) is 12.0. The predicted molar refractivity (Wildman–Crippen MR) is 395 cm³/mol. The van der Waals surface area contributed by atoms with E-state index in [-0.39, 0.29) is 25.7 Å². The molecule has 0 heterocycles. The summed E-state index contributed by atoms with van der Waals surface area (Å²) in [5.41, 5.74) is 0. The normalized spacial score (nSPS) is 14.0. The van der Waals surface area contributed by atoms with Crippen molar-refractivity contribution >= 4 is 39.5 Å². The molecule has 5 atom stereocenters. The van der Waals surface area contributed by atoms with E-state index in [1.54, 1.807) is 0 Å². The molecular formula is C78H152O17P2. The number of unbranched alkanes of at least 4 members (excludes halogenated alkanes) is 47. The lowest BCUT2D eigenvalue weighted by Gasteiger charge is -2.21. The molecule has 17 nitrogen and oxygen atoms in total. The number of aliphatic hydroxyl groups excluding tert-OH is 1. The number of aliphatic hydroxyl groups is 1. The topological polar surface area (TPSA) is 237 Å². The second-order valence-electron chi connectivity index (χ2n) is 29.1. The molecule has 0 bridgehead atoms. The number of phosphoric acid groups is 2. The van der Waals surface area contributed by atoms with Crippen LogP contribution in [0.5, 0.6) is 0 Å². The summed E-state index contributed by atoms with van der Waals surface area (Å²) in [5, 5.41) is 10.6. The van der Waals surface area contributed by atoms with Crippen LogP contribution >= 0.6 is 15.6 Å². The van der Waals surface area contributed by atoms with E-state index < -0.39 is 97.5 Å². The molecule has 0 radical (unpaired) electrons. The summed E-state index contributed by atoms with van der Waals surface area (Å²) in [4.78, 5) is 72.7. The van der Waals surface area contributed by atoms with Crippen molar-refractivity contribution in [2.45, 2.75) is 426 Å². The van der Waals surface area contributed by atoms with Crippen LogP contribution in [0.4, 0.5) is 0 Å². The van der Waals surface area contributed by atoms with Gasteiger partial charge in [0.2, 0.25) is 0 Å². The molecule has 0 aromatic heterocycles. The SMILES string of the molecule is CCCCCCCCCCCCCCCCCCCCCCCCC(=O)O[C@H](COC(=O)CCCCCCCCCCCCCCCC(C)C)COP(=O)(O)OC[C@@H](O)COP(=O)(O)OC[C@@H](COC(=O)CCCCCCCCCC)OC(=O)CCCCCCCCCCC(C)C. The van der Waals surface area contributed by atoms with Crippen molar-refractivity contribution < 1.29 is 80.2 Å². The maximum absolute atomic E-state index is 13.1. The Balaban J connectivity index is 5.17. The number of carbonyl (C=O) groups is 4. The minimum absolute atomic E-state index is 0.104. The fourth-order valence-corrected chi connectivity index (χ4v) is 13.6. The van der Waals surface area contributed by atoms with E-state index in [1.165, 1.54) is 218 Å². The van der Waals surface area contributed by atoms with Gasteiger partial charge < -0.3 is 33.8 Å². The summed E-state index contributed by atoms with van der Waals surface area (Å²) in [6.45, 7) is 9.55. The highest BCUT2D eigenvalue weighted by atomic mass is 31.2. The summed E-state index contributed by atoms with van der Waals surface area (Å²) in [5.74, 6) is -0.609. The van der Waals surface area contributed by atoms with E-state index in [9.17, 15) is 43.2 Å². The number of esters is 4. The van der Waals surface area contributed by atoms with Crippen LogP contribution in [-0.4, -0.2) is 96.7 Å². The lowest BCUT2D eigenvalue weighted by atomic mass is 10.0. The van der Waals surface area contributed by atoms with Gasteiger partial charge in [-0.05, 0) is 37.5 Å². The Kier molecular flexibility index (Phi) is 68.4. The third-order valence-electron chi connectivity index (χ3n) is 18.2. The van der Waals surface area contributed by atoms with Gasteiger partial charge in [-0.15, -0.1) is 0 Å². The molecule has 19 heteroatoms. The van der Waals surface area contributed by atoms with Crippen molar-refractivity contribution in [1.29, 1.82) is 0 Å². The van der Waals surface area contributed by atoms with Crippen LogP contribution in [0.3, 0.4) is 0 Å². The molecule has 3 N–H and O–H groups in total. The average molecular weight is 1420 g/mol. The molecule has 2 unspecified atom stereocenters. The monoisotopic (exact) mass is 1420 g/mol. The Labute approximate surface area is 594 Å². The highest BCUT2D eigenvalue weighted by Crippen LogP contribution is 2.45. The van der Waals surface area contributed by atoms with Gasteiger partial charge in [0, 0.05) is 25.7 Å². The molecule has 0 aliphatic rings. The lowest BCUT2D eigenvalue weighted by Crippen LogP contribution is -2.30. The third-order valence-corrected chi connectivity index (χ3v) is 20.1. The summed E-state index contributed by atoms with van der Waals surface area (Å²) in [6, 6.07) is 0. The van der Waals surface area contributed by atoms with Gasteiger partial charge in [-0.3, -0.25) is 37.3 Å². The Morgan fingerprint density at radius 2 is 0.474 bits per heavy atom. The minimum Gasteiger partial charge on any atom is -0.462 e. The molecule has 576 valence electrons. The van der Waals surface area contributed by atoms with Crippen LogP contribution in [0.1, 0.15) is 408 Å². The maximum Gasteiger partial charge on any atom is 0.472 e. The van der Waals surface area contributed by atoms with E-state index in [0.29, 0.717) is 25.7 Å². The standard InChI is InChI=1S/C78H152O17P2/c1-7-9-11-13-15-17-18-19-20-21-22-23-24-25-26-27-30-34-37-44-50-56-62-77(82)94-74(67-89-76(81)61-55-49-43-36-33-31-28-29-32-35-40-46-52-58-70(3)4)69-93-97(86,87)91-65-72(79)64-90-96(84,85)92-68-73(66-88-75(80)60-54-48-42-16-14-12-10-8-2)95-78(83)63-57-51-45-39-38-41-47-53-59-71(5)6/h70-74,79H,7-69H2,1-6H3,(H,84,85)(H,86,87)/t72-,73+,74+/m0/s1. The highest BCUT2D eigenvalue weighted by Gasteiger charge is 2.30. The number of hydrogen-bond acceptors (Lipinski definition) is 15. The Morgan fingerprint density at radius 3 is 0.701 bits per heavy atom. The summed E-state index contributed by atoms with van der Waals surface area (Å²) < 4.78 is 68.5. The van der Waals surface area contributed by atoms with Crippen LogP contribution in [0.25, 0.3) is 0 Å². The Hall–Kier alpha value is -1.94. The molecule has 0 rings (SSSR count). The lowest BCUT2D eigenvalue weighted by molar-refractivity contribution is -0.161. The smallest absolute Gasteiger partial charge is 0.462 e. The van der Waals surface area contributed by atoms with Gasteiger partial charge in [0.15, 0.2) is 12.2 Å². The first-order chi connectivity index (χ1) is 46.9. The number of hydrogen-bond donors (Lipinski definition) is 3.